The number of imidazole rings is 1. The molecule has 0 saturated heterocycles. The van der Waals surface area contributed by atoms with Crippen molar-refractivity contribution in [3.63, 3.8) is 0 Å². The van der Waals surface area contributed by atoms with Crippen LogP contribution in [0.4, 0.5) is 0 Å². The molecule has 3 N–H and O–H groups in total. The van der Waals surface area contributed by atoms with Crippen molar-refractivity contribution in [3.8, 4) is 0 Å². The topological polar surface area (TPSA) is 55.9 Å². The summed E-state index contributed by atoms with van der Waals surface area (Å²) in [5, 5.41) is 0. The first-order valence-corrected chi connectivity index (χ1v) is 5.22. The largest absolute Gasteiger partial charge is 0.336 e. The van der Waals surface area contributed by atoms with E-state index in [1.807, 2.05) is 29.9 Å². The molecule has 0 aliphatic heterocycles. The number of aryl methyl sites for hydroxylation is 2. The van der Waals surface area contributed by atoms with E-state index < -0.39 is 0 Å². The van der Waals surface area contributed by atoms with Crippen LogP contribution >= 0.6 is 0 Å². The minimum Gasteiger partial charge on any atom is -0.336 e. The highest BCUT2D eigenvalue weighted by Crippen LogP contribution is 2.23. The van der Waals surface area contributed by atoms with Gasteiger partial charge in [0.1, 0.15) is 0 Å². The van der Waals surface area contributed by atoms with Crippen molar-refractivity contribution < 1.29 is 0 Å². The molecule has 84 valence electrons. The molecule has 4 nitrogen and oxygen atoms in total. The monoisotopic (exact) mass is 216 g/mol. The van der Waals surface area contributed by atoms with Crippen LogP contribution in [-0.2, 0) is 7.05 Å². The maximum Gasteiger partial charge on any atom is 0.0946 e. The third-order valence-electron chi connectivity index (χ3n) is 2.82. The third-order valence-corrected chi connectivity index (χ3v) is 2.82. The van der Waals surface area contributed by atoms with E-state index in [0.717, 1.165) is 5.69 Å². The molecule has 0 saturated carbocycles. The van der Waals surface area contributed by atoms with Crippen molar-refractivity contribution in [2.24, 2.45) is 12.9 Å². The van der Waals surface area contributed by atoms with E-state index >= 15 is 0 Å². The summed E-state index contributed by atoms with van der Waals surface area (Å²) in [6.07, 6.45) is 3.61. The highest BCUT2D eigenvalue weighted by molar-refractivity contribution is 5.33. The Kier molecular flexibility index (Phi) is 3.03. The fourth-order valence-electron chi connectivity index (χ4n) is 1.89. The van der Waals surface area contributed by atoms with E-state index in [-0.39, 0.29) is 6.04 Å². The van der Waals surface area contributed by atoms with Crippen molar-refractivity contribution in [1.82, 2.24) is 15.0 Å². The van der Waals surface area contributed by atoms with Crippen molar-refractivity contribution in [2.75, 3.05) is 0 Å². The van der Waals surface area contributed by atoms with Crippen LogP contribution in [0.15, 0.2) is 36.8 Å². The number of nitrogens with zero attached hydrogens (tertiary/aromatic N) is 2. The van der Waals surface area contributed by atoms with Gasteiger partial charge in [0.25, 0.3) is 0 Å². The van der Waals surface area contributed by atoms with Gasteiger partial charge in [-0.25, -0.2) is 10.4 Å². The van der Waals surface area contributed by atoms with E-state index in [2.05, 4.69) is 29.5 Å². The van der Waals surface area contributed by atoms with Crippen LogP contribution in [0.3, 0.4) is 0 Å². The maximum atomic E-state index is 5.64. The van der Waals surface area contributed by atoms with Crippen molar-refractivity contribution in [1.29, 1.82) is 0 Å². The lowest BCUT2D eigenvalue weighted by Gasteiger charge is -2.18. The Morgan fingerprint density at radius 3 is 2.69 bits per heavy atom. The van der Waals surface area contributed by atoms with Crippen LogP contribution in [0.5, 0.6) is 0 Å². The van der Waals surface area contributed by atoms with Gasteiger partial charge >= 0.3 is 0 Å². The SMILES string of the molecule is Cc1ccccc1C(NN)c1cncn1C. The second-order valence-electron chi connectivity index (χ2n) is 3.89. The first-order valence-electron chi connectivity index (χ1n) is 5.22. The average Bonchev–Trinajstić information content (AvgIpc) is 2.69. The predicted molar refractivity (Wildman–Crippen MR) is 63.6 cm³/mol. The lowest BCUT2D eigenvalue weighted by molar-refractivity contribution is 0.594. The molecular weight excluding hydrogens is 200 g/mol. The number of rotatable bonds is 3. The Hall–Kier alpha value is -1.65. The summed E-state index contributed by atoms with van der Waals surface area (Å²) in [7, 11) is 1.96. The van der Waals surface area contributed by atoms with Crippen molar-refractivity contribution in [3.05, 3.63) is 53.6 Å². The number of hydrogen-bond donors (Lipinski definition) is 2. The quantitative estimate of drug-likeness (QED) is 0.600. The van der Waals surface area contributed by atoms with Gasteiger partial charge in [0.15, 0.2) is 0 Å². The maximum absolute atomic E-state index is 5.64. The summed E-state index contributed by atoms with van der Waals surface area (Å²) in [4.78, 5) is 4.11. The third kappa shape index (κ3) is 1.85. The summed E-state index contributed by atoms with van der Waals surface area (Å²) in [6.45, 7) is 2.08. The minimum atomic E-state index is -0.0197. The lowest BCUT2D eigenvalue weighted by atomic mass is 10.00. The molecular formula is C12H16N4. The van der Waals surface area contributed by atoms with Crippen molar-refractivity contribution in [2.45, 2.75) is 13.0 Å². The average molecular weight is 216 g/mol. The van der Waals surface area contributed by atoms with Gasteiger partial charge < -0.3 is 4.57 Å². The molecule has 1 aromatic heterocycles. The fourth-order valence-corrected chi connectivity index (χ4v) is 1.89. The molecule has 1 aromatic carbocycles. The number of aromatic nitrogens is 2. The molecule has 0 fully saturated rings. The number of hydrogen-bond acceptors (Lipinski definition) is 3. The van der Waals surface area contributed by atoms with Gasteiger partial charge in [-0.15, -0.1) is 0 Å². The molecule has 0 amide bonds. The van der Waals surface area contributed by atoms with E-state index in [1.54, 1.807) is 6.33 Å². The van der Waals surface area contributed by atoms with Gasteiger partial charge in [-0.3, -0.25) is 5.84 Å². The summed E-state index contributed by atoms with van der Waals surface area (Å²) in [5.41, 5.74) is 6.28. The fraction of sp³-hybridized carbons (Fsp3) is 0.250. The molecule has 1 unspecified atom stereocenters. The van der Waals surface area contributed by atoms with E-state index in [1.165, 1.54) is 11.1 Å². The first-order chi connectivity index (χ1) is 7.74. The van der Waals surface area contributed by atoms with Crippen LogP contribution < -0.4 is 11.3 Å². The van der Waals surface area contributed by atoms with Crippen LogP contribution in [0.2, 0.25) is 0 Å². The molecule has 0 aliphatic rings. The van der Waals surface area contributed by atoms with Crippen LogP contribution in [0, 0.1) is 6.92 Å². The highest BCUT2D eigenvalue weighted by Gasteiger charge is 2.16. The Morgan fingerprint density at radius 1 is 1.38 bits per heavy atom. The Labute approximate surface area is 95.1 Å². The molecule has 0 spiro atoms. The molecule has 0 bridgehead atoms. The molecule has 0 radical (unpaired) electrons. The van der Waals surface area contributed by atoms with Crippen molar-refractivity contribution >= 4 is 0 Å². The van der Waals surface area contributed by atoms with Gasteiger partial charge in [0, 0.05) is 7.05 Å². The Bertz CT molecular complexity index is 475. The Morgan fingerprint density at radius 2 is 2.12 bits per heavy atom. The van der Waals surface area contributed by atoms with Crippen LogP contribution in [-0.4, -0.2) is 9.55 Å². The summed E-state index contributed by atoms with van der Waals surface area (Å²) < 4.78 is 1.97. The second-order valence-corrected chi connectivity index (χ2v) is 3.89. The predicted octanol–water partition coefficient (Wildman–Crippen LogP) is 1.28. The highest BCUT2D eigenvalue weighted by atomic mass is 15.2. The summed E-state index contributed by atoms with van der Waals surface area (Å²) >= 11 is 0. The molecule has 2 rings (SSSR count). The number of benzene rings is 1. The molecule has 1 heterocycles. The molecule has 2 aromatic rings. The lowest BCUT2D eigenvalue weighted by Crippen LogP contribution is -2.30. The van der Waals surface area contributed by atoms with Crippen LogP contribution in [0.25, 0.3) is 0 Å². The number of hydrazine groups is 1. The molecule has 1 atom stereocenters. The number of nitrogens with one attached hydrogen (secondary N) is 1. The van der Waals surface area contributed by atoms with E-state index in [4.69, 9.17) is 5.84 Å². The second kappa shape index (κ2) is 4.47. The molecule has 4 heteroatoms. The zero-order valence-corrected chi connectivity index (χ0v) is 9.51. The standard InChI is InChI=1S/C12H16N4/c1-9-5-3-4-6-10(9)12(15-13)11-7-14-8-16(11)2/h3-8,12,15H,13H2,1-2H3. The smallest absolute Gasteiger partial charge is 0.0946 e. The molecule has 0 aliphatic carbocycles. The van der Waals surface area contributed by atoms with Gasteiger partial charge in [-0.1, -0.05) is 24.3 Å². The normalized spacial score (nSPS) is 12.7. The zero-order valence-electron chi connectivity index (χ0n) is 9.51. The number of nitrogens with two attached hydrogens (primary N) is 1. The summed E-state index contributed by atoms with van der Waals surface area (Å²) in [6, 6.07) is 8.18. The van der Waals surface area contributed by atoms with E-state index in [0.29, 0.717) is 0 Å². The van der Waals surface area contributed by atoms with Gasteiger partial charge in [0.05, 0.1) is 24.3 Å². The minimum absolute atomic E-state index is 0.0197. The first kappa shape index (κ1) is 10.9. The van der Waals surface area contributed by atoms with Gasteiger partial charge in [-0.2, -0.15) is 0 Å². The van der Waals surface area contributed by atoms with Crippen LogP contribution in [0.1, 0.15) is 22.9 Å². The zero-order chi connectivity index (χ0) is 11.5. The van der Waals surface area contributed by atoms with Gasteiger partial charge in [0.2, 0.25) is 0 Å². The summed E-state index contributed by atoms with van der Waals surface area (Å²) in [5.74, 6) is 5.64. The Balaban J connectivity index is 2.45. The molecule has 16 heavy (non-hydrogen) atoms. The van der Waals surface area contributed by atoms with E-state index in [9.17, 15) is 0 Å². The van der Waals surface area contributed by atoms with Gasteiger partial charge in [-0.05, 0) is 18.1 Å².